The Morgan fingerprint density at radius 1 is 0.549 bits per heavy atom. The number of rotatable bonds is 7. The van der Waals surface area contributed by atoms with Gasteiger partial charge in [-0.3, -0.25) is 0 Å². The van der Waals surface area contributed by atoms with E-state index in [4.69, 9.17) is 0 Å². The van der Waals surface area contributed by atoms with Crippen LogP contribution in [0, 0.1) is 0 Å². The van der Waals surface area contributed by atoms with Crippen molar-refractivity contribution in [2.24, 2.45) is 0 Å². The molecule has 1 atom stereocenters. The molecule has 6 aromatic carbocycles. The van der Waals surface area contributed by atoms with Crippen LogP contribution in [0.25, 0.3) is 39.0 Å². The molecule has 9 rings (SSSR count). The summed E-state index contributed by atoms with van der Waals surface area (Å²) >= 11 is 0. The predicted molar refractivity (Wildman–Crippen MR) is 217 cm³/mol. The van der Waals surface area contributed by atoms with Crippen molar-refractivity contribution in [3.8, 4) is 22.3 Å². The van der Waals surface area contributed by atoms with Gasteiger partial charge in [0.25, 0.3) is 0 Å². The SMILES string of the molecule is C=C/C=C\C=C1/CN(c2ccccc2)c2ccc(C3=CC[C@H]4C(=C3)c3ccccc3N4c3cc(-c4ccccc4)cc(-c4ccccc4)c3)cc21. The molecule has 6 aromatic rings. The summed E-state index contributed by atoms with van der Waals surface area (Å²) in [6.07, 6.45) is 14.0. The van der Waals surface area contributed by atoms with Crippen molar-refractivity contribution in [2.45, 2.75) is 12.5 Å². The van der Waals surface area contributed by atoms with Gasteiger partial charge in [-0.05, 0) is 106 Å². The van der Waals surface area contributed by atoms with Crippen molar-refractivity contribution in [3.63, 3.8) is 0 Å². The standard InChI is InChI=1S/C49H38N2/c1-2-3-7-20-39-34-50(42-21-12-6-13-22-42)47-27-25-37(32-45(39)47)38-26-28-49-46(33-38)44-23-14-15-24-48(44)51(49)43-30-40(35-16-8-4-9-17-35)29-41(31-43)36-18-10-5-11-19-36/h2-27,29-33,49H,1,28,34H2/b7-3-,39-20+/t49-/m0/s1. The molecule has 2 nitrogen and oxygen atoms in total. The summed E-state index contributed by atoms with van der Waals surface area (Å²) in [5.74, 6) is 0. The molecule has 2 heterocycles. The van der Waals surface area contributed by atoms with Crippen molar-refractivity contribution in [1.29, 1.82) is 0 Å². The van der Waals surface area contributed by atoms with Crippen LogP contribution >= 0.6 is 0 Å². The Bertz CT molecular complexity index is 2320. The third-order valence-corrected chi connectivity index (χ3v) is 10.3. The number of anilines is 4. The maximum atomic E-state index is 3.87. The van der Waals surface area contributed by atoms with E-state index in [0.717, 1.165) is 13.0 Å². The second-order valence-electron chi connectivity index (χ2n) is 13.4. The highest BCUT2D eigenvalue weighted by Crippen LogP contribution is 2.50. The van der Waals surface area contributed by atoms with Gasteiger partial charge in [0, 0.05) is 40.4 Å². The molecule has 3 aliphatic rings. The Morgan fingerprint density at radius 3 is 1.92 bits per heavy atom. The average Bonchev–Trinajstić information content (AvgIpc) is 3.74. The third kappa shape index (κ3) is 5.65. The smallest absolute Gasteiger partial charge is 0.0633 e. The lowest BCUT2D eigenvalue weighted by Gasteiger charge is -2.30. The zero-order valence-corrected chi connectivity index (χ0v) is 28.5. The van der Waals surface area contributed by atoms with Crippen LogP contribution < -0.4 is 9.80 Å². The first-order valence-corrected chi connectivity index (χ1v) is 17.8. The van der Waals surface area contributed by atoms with Crippen LogP contribution in [-0.4, -0.2) is 12.6 Å². The van der Waals surface area contributed by atoms with Crippen LogP contribution in [0.4, 0.5) is 22.7 Å². The molecule has 0 N–H and O–H groups in total. The number of fused-ring (bicyclic) bond motifs is 4. The van der Waals surface area contributed by atoms with Gasteiger partial charge in [0.15, 0.2) is 0 Å². The molecular formula is C49H38N2. The molecule has 0 amide bonds. The van der Waals surface area contributed by atoms with Crippen LogP contribution in [0.5, 0.6) is 0 Å². The highest BCUT2D eigenvalue weighted by Gasteiger charge is 2.36. The molecule has 0 saturated heterocycles. The molecule has 0 fully saturated rings. The van der Waals surface area contributed by atoms with Gasteiger partial charge in [-0.1, -0.05) is 140 Å². The first-order chi connectivity index (χ1) is 25.2. The van der Waals surface area contributed by atoms with Crippen molar-refractivity contribution in [3.05, 3.63) is 211 Å². The van der Waals surface area contributed by atoms with Crippen molar-refractivity contribution >= 4 is 39.5 Å². The molecule has 51 heavy (non-hydrogen) atoms. The third-order valence-electron chi connectivity index (χ3n) is 10.3. The molecule has 0 aromatic heterocycles. The highest BCUT2D eigenvalue weighted by atomic mass is 15.2. The van der Waals surface area contributed by atoms with Gasteiger partial charge in [0.2, 0.25) is 0 Å². The largest absolute Gasteiger partial charge is 0.336 e. The fraction of sp³-hybridized carbons (Fsp3) is 0.0612. The summed E-state index contributed by atoms with van der Waals surface area (Å²) in [5, 5.41) is 0. The number of hydrogen-bond acceptors (Lipinski definition) is 2. The molecule has 0 saturated carbocycles. The number of hydrogen-bond donors (Lipinski definition) is 0. The second-order valence-corrected chi connectivity index (χ2v) is 13.4. The van der Waals surface area contributed by atoms with Crippen molar-refractivity contribution in [2.75, 3.05) is 16.3 Å². The fourth-order valence-corrected chi connectivity index (χ4v) is 7.93. The molecule has 0 radical (unpaired) electrons. The Kier molecular flexibility index (Phi) is 7.91. The van der Waals surface area contributed by atoms with E-state index in [0.29, 0.717) is 0 Å². The quantitative estimate of drug-likeness (QED) is 0.158. The van der Waals surface area contributed by atoms with Gasteiger partial charge in [-0.15, -0.1) is 0 Å². The Hall–Kier alpha value is -6.38. The Morgan fingerprint density at radius 2 is 1.22 bits per heavy atom. The van der Waals surface area contributed by atoms with Gasteiger partial charge >= 0.3 is 0 Å². The van der Waals surface area contributed by atoms with Crippen LogP contribution in [0.1, 0.15) is 23.1 Å². The zero-order chi connectivity index (χ0) is 34.1. The Labute approximate surface area is 301 Å². The van der Waals surface area contributed by atoms with E-state index in [-0.39, 0.29) is 6.04 Å². The van der Waals surface area contributed by atoms with E-state index < -0.39 is 0 Å². The first-order valence-electron chi connectivity index (χ1n) is 17.8. The average molecular weight is 655 g/mol. The number of allylic oxidation sites excluding steroid dienone is 6. The molecule has 0 bridgehead atoms. The van der Waals surface area contributed by atoms with Gasteiger partial charge in [-0.25, -0.2) is 0 Å². The zero-order valence-electron chi connectivity index (χ0n) is 28.5. The first kappa shape index (κ1) is 30.7. The molecule has 1 aliphatic carbocycles. The van der Waals surface area contributed by atoms with Gasteiger partial charge in [-0.2, -0.15) is 0 Å². The lowest BCUT2D eigenvalue weighted by atomic mass is 9.88. The predicted octanol–water partition coefficient (Wildman–Crippen LogP) is 12.7. The molecule has 0 spiro atoms. The van der Waals surface area contributed by atoms with E-state index in [1.54, 1.807) is 0 Å². The van der Waals surface area contributed by atoms with Crippen molar-refractivity contribution < 1.29 is 0 Å². The highest BCUT2D eigenvalue weighted by molar-refractivity contribution is 6.00. The lowest BCUT2D eigenvalue weighted by Crippen LogP contribution is -2.27. The van der Waals surface area contributed by atoms with E-state index in [1.807, 2.05) is 12.2 Å². The minimum Gasteiger partial charge on any atom is -0.336 e. The minimum atomic E-state index is 0.211. The topological polar surface area (TPSA) is 6.48 Å². The van der Waals surface area contributed by atoms with E-state index >= 15 is 0 Å². The fourth-order valence-electron chi connectivity index (χ4n) is 7.93. The summed E-state index contributed by atoms with van der Waals surface area (Å²) in [7, 11) is 0. The number of para-hydroxylation sites is 2. The van der Waals surface area contributed by atoms with Gasteiger partial charge in [0.1, 0.15) is 0 Å². The molecule has 2 heteroatoms. The normalized spacial score (nSPS) is 16.9. The molecule has 0 unspecified atom stereocenters. The number of benzene rings is 6. The minimum absolute atomic E-state index is 0.211. The van der Waals surface area contributed by atoms with Crippen molar-refractivity contribution in [1.82, 2.24) is 0 Å². The van der Waals surface area contributed by atoms with Crippen LogP contribution in [0.15, 0.2) is 195 Å². The molecule has 2 aliphatic heterocycles. The maximum absolute atomic E-state index is 3.87. The summed E-state index contributed by atoms with van der Waals surface area (Å²) in [4.78, 5) is 4.98. The van der Waals surface area contributed by atoms with Gasteiger partial charge in [0.05, 0.1) is 6.04 Å². The molecule has 244 valence electrons. The van der Waals surface area contributed by atoms with E-state index in [1.165, 1.54) is 78.4 Å². The van der Waals surface area contributed by atoms with Gasteiger partial charge < -0.3 is 9.80 Å². The molecular weight excluding hydrogens is 617 g/mol. The maximum Gasteiger partial charge on any atom is 0.0633 e. The summed E-state index contributed by atoms with van der Waals surface area (Å²) in [5.41, 5.74) is 17.6. The summed E-state index contributed by atoms with van der Waals surface area (Å²) in [6, 6.07) is 55.4. The Balaban J connectivity index is 1.12. The van der Waals surface area contributed by atoms with E-state index in [9.17, 15) is 0 Å². The van der Waals surface area contributed by atoms with E-state index in [2.05, 4.69) is 192 Å². The monoisotopic (exact) mass is 654 g/mol. The van der Waals surface area contributed by atoms with Crippen LogP contribution in [0.3, 0.4) is 0 Å². The lowest BCUT2D eigenvalue weighted by molar-refractivity contribution is 0.832. The summed E-state index contributed by atoms with van der Waals surface area (Å²) < 4.78 is 0. The van der Waals surface area contributed by atoms with Crippen LogP contribution in [-0.2, 0) is 0 Å². The van der Waals surface area contributed by atoms with Crippen LogP contribution in [0.2, 0.25) is 0 Å². The number of nitrogens with zero attached hydrogens (tertiary/aromatic N) is 2. The second kappa shape index (κ2) is 13.2. The summed E-state index contributed by atoms with van der Waals surface area (Å²) in [6.45, 7) is 4.70.